The van der Waals surface area contributed by atoms with E-state index in [-0.39, 0.29) is 35.9 Å². The van der Waals surface area contributed by atoms with E-state index >= 15 is 0 Å². The van der Waals surface area contributed by atoms with Crippen molar-refractivity contribution in [1.82, 2.24) is 10.2 Å². The summed E-state index contributed by atoms with van der Waals surface area (Å²) in [6, 6.07) is 11.7. The molecule has 9 heteroatoms. The van der Waals surface area contributed by atoms with Crippen LogP contribution < -0.4 is 20.1 Å². The van der Waals surface area contributed by atoms with Crippen LogP contribution in [0.3, 0.4) is 0 Å². The molecule has 2 N–H and O–H groups in total. The smallest absolute Gasteiger partial charge is 0.387 e. The maximum Gasteiger partial charge on any atom is 0.387 e. The summed E-state index contributed by atoms with van der Waals surface area (Å²) in [5, 5.41) is 5.86. The molecule has 0 atom stereocenters. The first-order valence-electron chi connectivity index (χ1n) is 10.9. The molecule has 0 spiro atoms. The Hall–Kier alpha value is -3.20. The van der Waals surface area contributed by atoms with Gasteiger partial charge in [-0.2, -0.15) is 8.78 Å². The molecule has 0 aromatic heterocycles. The lowest BCUT2D eigenvalue weighted by Crippen LogP contribution is -2.34. The number of rotatable bonds is 10. The molecule has 0 unspecified atom stereocenters. The maximum atomic E-state index is 12.7. The van der Waals surface area contributed by atoms with E-state index in [1.165, 1.54) is 13.2 Å². The third kappa shape index (κ3) is 7.15. The van der Waals surface area contributed by atoms with Crippen LogP contribution in [0, 0.1) is 0 Å². The van der Waals surface area contributed by atoms with E-state index in [9.17, 15) is 18.4 Å². The first-order valence-corrected chi connectivity index (χ1v) is 10.9. The van der Waals surface area contributed by atoms with Gasteiger partial charge >= 0.3 is 6.61 Å². The standard InChI is InChI=1S/C24H29F2N3O4/c1-29(14-16-11-12-20(33-24(25)26)21(13-16)32-2)15-22(30)28-19-10-6-5-9-18(19)23(31)27-17-7-3-4-8-17/h5-6,9-13,17,24H,3-4,7-8,14-15H2,1-2H3,(H,27,31)(H,28,30). The highest BCUT2D eigenvalue weighted by Crippen LogP contribution is 2.29. The quantitative estimate of drug-likeness (QED) is 0.558. The number of carbonyl (C=O) groups excluding carboxylic acids is 2. The van der Waals surface area contributed by atoms with Crippen LogP contribution in [0.2, 0.25) is 0 Å². The molecule has 1 aliphatic carbocycles. The molecule has 0 saturated heterocycles. The van der Waals surface area contributed by atoms with Crippen molar-refractivity contribution in [3.63, 3.8) is 0 Å². The van der Waals surface area contributed by atoms with Gasteiger partial charge in [0.1, 0.15) is 0 Å². The summed E-state index contributed by atoms with van der Waals surface area (Å²) in [4.78, 5) is 27.1. The molecule has 178 valence electrons. The molecule has 33 heavy (non-hydrogen) atoms. The van der Waals surface area contributed by atoms with Gasteiger partial charge in [-0.05, 0) is 49.7 Å². The molecular weight excluding hydrogens is 432 g/mol. The van der Waals surface area contributed by atoms with Gasteiger partial charge in [-0.15, -0.1) is 0 Å². The fourth-order valence-corrected chi connectivity index (χ4v) is 3.93. The summed E-state index contributed by atoms with van der Waals surface area (Å²) >= 11 is 0. The van der Waals surface area contributed by atoms with E-state index in [1.807, 2.05) is 0 Å². The number of nitrogens with zero attached hydrogens (tertiary/aromatic N) is 1. The zero-order chi connectivity index (χ0) is 23.8. The Morgan fingerprint density at radius 2 is 1.85 bits per heavy atom. The molecule has 2 aromatic carbocycles. The number of para-hydroxylation sites is 1. The van der Waals surface area contributed by atoms with E-state index in [1.54, 1.807) is 48.3 Å². The molecule has 0 radical (unpaired) electrons. The second kappa shape index (κ2) is 11.6. The van der Waals surface area contributed by atoms with Crippen molar-refractivity contribution in [3.05, 3.63) is 53.6 Å². The normalized spacial score (nSPS) is 13.9. The highest BCUT2D eigenvalue weighted by Gasteiger charge is 2.20. The predicted molar refractivity (Wildman–Crippen MR) is 121 cm³/mol. The molecule has 1 fully saturated rings. The summed E-state index contributed by atoms with van der Waals surface area (Å²) in [5.41, 5.74) is 1.65. The average Bonchev–Trinajstić information content (AvgIpc) is 3.27. The van der Waals surface area contributed by atoms with Crippen LogP contribution in [-0.4, -0.2) is 50.1 Å². The van der Waals surface area contributed by atoms with Gasteiger partial charge in [-0.3, -0.25) is 14.5 Å². The van der Waals surface area contributed by atoms with E-state index in [2.05, 4.69) is 15.4 Å². The highest BCUT2D eigenvalue weighted by molar-refractivity contribution is 6.04. The number of alkyl halides is 2. The van der Waals surface area contributed by atoms with Gasteiger partial charge in [0, 0.05) is 12.6 Å². The van der Waals surface area contributed by atoms with Crippen molar-refractivity contribution in [2.75, 3.05) is 26.0 Å². The van der Waals surface area contributed by atoms with Crippen LogP contribution in [0.1, 0.15) is 41.6 Å². The fourth-order valence-electron chi connectivity index (χ4n) is 3.93. The molecule has 0 heterocycles. The zero-order valence-electron chi connectivity index (χ0n) is 18.8. The SMILES string of the molecule is COc1cc(CN(C)CC(=O)Nc2ccccc2C(=O)NC2CCCC2)ccc1OC(F)F. The van der Waals surface area contributed by atoms with Crippen molar-refractivity contribution in [1.29, 1.82) is 0 Å². The second-order valence-corrected chi connectivity index (χ2v) is 8.08. The van der Waals surface area contributed by atoms with E-state index in [0.717, 1.165) is 31.2 Å². The minimum atomic E-state index is -2.95. The topological polar surface area (TPSA) is 79.9 Å². The Labute approximate surface area is 192 Å². The van der Waals surface area contributed by atoms with Crippen LogP contribution in [0.15, 0.2) is 42.5 Å². The summed E-state index contributed by atoms with van der Waals surface area (Å²) in [6.07, 6.45) is 4.18. The summed E-state index contributed by atoms with van der Waals surface area (Å²) in [7, 11) is 3.13. The van der Waals surface area contributed by atoms with Gasteiger partial charge < -0.3 is 20.1 Å². The van der Waals surface area contributed by atoms with Crippen LogP contribution in [0.4, 0.5) is 14.5 Å². The lowest BCUT2D eigenvalue weighted by molar-refractivity contribution is -0.117. The first-order chi connectivity index (χ1) is 15.9. The Balaban J connectivity index is 1.58. The Morgan fingerprint density at radius 1 is 1.12 bits per heavy atom. The number of likely N-dealkylation sites (N-methyl/N-ethyl adjacent to an activating group) is 1. The van der Waals surface area contributed by atoms with Crippen molar-refractivity contribution in [3.8, 4) is 11.5 Å². The number of nitrogens with one attached hydrogen (secondary N) is 2. The monoisotopic (exact) mass is 461 g/mol. The summed E-state index contributed by atoms with van der Waals surface area (Å²) in [6.45, 7) is -2.50. The fraction of sp³-hybridized carbons (Fsp3) is 0.417. The Kier molecular flexibility index (Phi) is 8.59. The Bertz CT molecular complexity index is 964. The molecule has 7 nitrogen and oxygen atoms in total. The number of methoxy groups -OCH3 is 1. The van der Waals surface area contributed by atoms with E-state index < -0.39 is 6.61 Å². The number of halogens is 2. The van der Waals surface area contributed by atoms with Gasteiger partial charge in [0.05, 0.1) is 24.9 Å². The van der Waals surface area contributed by atoms with Crippen LogP contribution in [0.5, 0.6) is 11.5 Å². The first kappa shape index (κ1) is 24.4. The number of hydrogen-bond donors (Lipinski definition) is 2. The van der Waals surface area contributed by atoms with Crippen LogP contribution >= 0.6 is 0 Å². The number of carbonyl (C=O) groups is 2. The molecule has 3 rings (SSSR count). The van der Waals surface area contributed by atoms with Gasteiger partial charge in [0.15, 0.2) is 11.5 Å². The molecule has 0 bridgehead atoms. The van der Waals surface area contributed by atoms with Crippen molar-refractivity contribution >= 4 is 17.5 Å². The number of benzene rings is 2. The Morgan fingerprint density at radius 3 is 2.55 bits per heavy atom. The van der Waals surface area contributed by atoms with Gasteiger partial charge in [0.25, 0.3) is 5.91 Å². The zero-order valence-corrected chi connectivity index (χ0v) is 18.8. The lowest BCUT2D eigenvalue weighted by Gasteiger charge is -2.19. The third-order valence-electron chi connectivity index (χ3n) is 5.45. The van der Waals surface area contributed by atoms with E-state index in [4.69, 9.17) is 4.74 Å². The number of amides is 2. The average molecular weight is 462 g/mol. The molecular formula is C24H29F2N3O4. The van der Waals surface area contributed by atoms with Gasteiger partial charge in [-0.1, -0.05) is 31.0 Å². The second-order valence-electron chi connectivity index (χ2n) is 8.08. The van der Waals surface area contributed by atoms with Gasteiger partial charge in [0.2, 0.25) is 5.91 Å². The molecule has 2 amide bonds. The third-order valence-corrected chi connectivity index (χ3v) is 5.45. The van der Waals surface area contributed by atoms with Crippen molar-refractivity contribution in [2.24, 2.45) is 0 Å². The van der Waals surface area contributed by atoms with Crippen LogP contribution in [0.25, 0.3) is 0 Å². The lowest BCUT2D eigenvalue weighted by atomic mass is 10.1. The number of hydrogen-bond acceptors (Lipinski definition) is 5. The van der Waals surface area contributed by atoms with Crippen molar-refractivity contribution < 1.29 is 27.8 Å². The highest BCUT2D eigenvalue weighted by atomic mass is 19.3. The number of anilines is 1. The minimum absolute atomic E-state index is 0.0517. The predicted octanol–water partition coefficient (Wildman–Crippen LogP) is 4.04. The molecule has 1 aliphatic rings. The van der Waals surface area contributed by atoms with Crippen LogP contribution in [-0.2, 0) is 11.3 Å². The largest absolute Gasteiger partial charge is 0.493 e. The van der Waals surface area contributed by atoms with E-state index in [0.29, 0.717) is 17.8 Å². The molecule has 1 saturated carbocycles. The molecule has 0 aliphatic heterocycles. The van der Waals surface area contributed by atoms with Crippen molar-refractivity contribution in [2.45, 2.75) is 44.9 Å². The summed E-state index contributed by atoms with van der Waals surface area (Å²) in [5.74, 6) is -0.329. The van der Waals surface area contributed by atoms with Gasteiger partial charge in [-0.25, -0.2) is 0 Å². The molecule has 2 aromatic rings. The minimum Gasteiger partial charge on any atom is -0.493 e. The maximum absolute atomic E-state index is 12.7. The number of ether oxygens (including phenoxy) is 2. The summed E-state index contributed by atoms with van der Waals surface area (Å²) < 4.78 is 34.5.